The van der Waals surface area contributed by atoms with Crippen LogP contribution in [0.3, 0.4) is 0 Å². The summed E-state index contributed by atoms with van der Waals surface area (Å²) in [7, 11) is 0. The quantitative estimate of drug-likeness (QED) is 0.863. The van der Waals surface area contributed by atoms with Gasteiger partial charge in [0.15, 0.2) is 5.82 Å². The van der Waals surface area contributed by atoms with E-state index in [1.807, 2.05) is 0 Å². The average Bonchev–Trinajstić information content (AvgIpc) is 2.97. The minimum atomic E-state index is -0.164. The van der Waals surface area contributed by atoms with Crippen molar-refractivity contribution in [1.82, 2.24) is 19.7 Å². The molecule has 0 saturated heterocycles. The van der Waals surface area contributed by atoms with Gasteiger partial charge in [-0.15, -0.1) is 5.10 Å². The molecule has 0 bridgehead atoms. The molecule has 0 aliphatic carbocycles. The van der Waals surface area contributed by atoms with E-state index in [0.717, 1.165) is 36.3 Å². The Labute approximate surface area is 110 Å². The van der Waals surface area contributed by atoms with E-state index < -0.39 is 0 Å². The molecule has 0 aliphatic heterocycles. The lowest BCUT2D eigenvalue weighted by molar-refractivity contribution is 0.413. The second kappa shape index (κ2) is 6.01. The van der Waals surface area contributed by atoms with Crippen molar-refractivity contribution in [3.05, 3.63) is 11.5 Å². The molecular weight excluding hydrogens is 250 g/mol. The minimum Gasteiger partial charge on any atom is -0.333 e. The van der Waals surface area contributed by atoms with Crippen molar-refractivity contribution in [2.24, 2.45) is 5.73 Å². The summed E-state index contributed by atoms with van der Waals surface area (Å²) in [4.78, 5) is 5.20. The highest BCUT2D eigenvalue weighted by atomic mass is 32.1. The van der Waals surface area contributed by atoms with Gasteiger partial charge in [-0.1, -0.05) is 36.3 Å². The molecule has 0 aromatic carbocycles. The monoisotopic (exact) mass is 267 g/mol. The molecular formula is C11H17N5OS. The molecule has 0 aliphatic rings. The Morgan fingerprint density at radius 3 is 2.89 bits per heavy atom. The predicted octanol–water partition coefficient (Wildman–Crippen LogP) is 2.34. The van der Waals surface area contributed by atoms with Gasteiger partial charge in [-0.3, -0.25) is 0 Å². The number of aryl methyl sites for hydroxylation is 1. The fourth-order valence-corrected chi connectivity index (χ4v) is 2.32. The van der Waals surface area contributed by atoms with Crippen LogP contribution in [0.15, 0.2) is 4.52 Å². The summed E-state index contributed by atoms with van der Waals surface area (Å²) < 4.78 is 9.19. The van der Waals surface area contributed by atoms with Gasteiger partial charge >= 0.3 is 0 Å². The molecule has 18 heavy (non-hydrogen) atoms. The zero-order valence-electron chi connectivity index (χ0n) is 10.6. The van der Waals surface area contributed by atoms with Crippen LogP contribution in [0.4, 0.5) is 0 Å². The summed E-state index contributed by atoms with van der Waals surface area (Å²) in [6.45, 7) is 4.17. The van der Waals surface area contributed by atoms with E-state index in [0.29, 0.717) is 11.7 Å². The van der Waals surface area contributed by atoms with Gasteiger partial charge in [-0.2, -0.15) is 4.98 Å². The van der Waals surface area contributed by atoms with Crippen molar-refractivity contribution >= 4 is 11.5 Å². The van der Waals surface area contributed by atoms with Crippen LogP contribution in [0.25, 0.3) is 10.8 Å². The van der Waals surface area contributed by atoms with Gasteiger partial charge in [0.1, 0.15) is 4.88 Å². The summed E-state index contributed by atoms with van der Waals surface area (Å²) in [5.41, 5.74) is 6.87. The van der Waals surface area contributed by atoms with Crippen molar-refractivity contribution in [3.63, 3.8) is 0 Å². The van der Waals surface area contributed by atoms with Crippen molar-refractivity contribution in [1.29, 1.82) is 0 Å². The number of nitrogens with zero attached hydrogens (tertiary/aromatic N) is 4. The molecule has 0 radical (unpaired) electrons. The second-order valence-corrected chi connectivity index (χ2v) is 4.91. The second-order valence-electron chi connectivity index (χ2n) is 4.15. The van der Waals surface area contributed by atoms with Crippen molar-refractivity contribution in [2.75, 3.05) is 0 Å². The van der Waals surface area contributed by atoms with Gasteiger partial charge in [0.2, 0.25) is 0 Å². The molecule has 1 unspecified atom stereocenters. The van der Waals surface area contributed by atoms with Crippen LogP contribution in [-0.2, 0) is 6.42 Å². The van der Waals surface area contributed by atoms with E-state index in [1.54, 1.807) is 0 Å². The summed E-state index contributed by atoms with van der Waals surface area (Å²) in [6, 6.07) is -0.164. The Morgan fingerprint density at radius 2 is 2.17 bits per heavy atom. The maximum atomic E-state index is 5.96. The van der Waals surface area contributed by atoms with Gasteiger partial charge in [-0.25, -0.2) is 0 Å². The van der Waals surface area contributed by atoms with E-state index >= 15 is 0 Å². The van der Waals surface area contributed by atoms with Gasteiger partial charge in [0.05, 0.1) is 11.7 Å². The summed E-state index contributed by atoms with van der Waals surface area (Å²) in [5.74, 6) is 1.04. The van der Waals surface area contributed by atoms with Crippen LogP contribution in [0, 0.1) is 0 Å². The average molecular weight is 267 g/mol. The van der Waals surface area contributed by atoms with E-state index in [4.69, 9.17) is 10.3 Å². The molecule has 0 fully saturated rings. The molecule has 7 heteroatoms. The van der Waals surface area contributed by atoms with Crippen LogP contribution < -0.4 is 5.73 Å². The fourth-order valence-electron chi connectivity index (χ4n) is 1.69. The maximum Gasteiger partial charge on any atom is 0.271 e. The Hall–Kier alpha value is -1.34. The number of hydrogen-bond donors (Lipinski definition) is 1. The molecule has 2 heterocycles. The van der Waals surface area contributed by atoms with Crippen LogP contribution in [0.5, 0.6) is 0 Å². The number of nitrogens with two attached hydrogens (primary N) is 1. The van der Waals surface area contributed by atoms with Crippen LogP contribution in [0.1, 0.15) is 50.7 Å². The Morgan fingerprint density at radius 1 is 1.33 bits per heavy atom. The largest absolute Gasteiger partial charge is 0.333 e. The molecule has 98 valence electrons. The van der Waals surface area contributed by atoms with Crippen LogP contribution >= 0.6 is 11.5 Å². The molecule has 0 spiro atoms. The van der Waals surface area contributed by atoms with E-state index in [2.05, 4.69) is 33.6 Å². The number of aromatic nitrogens is 4. The Balaban J connectivity index is 2.21. The highest BCUT2D eigenvalue weighted by molar-refractivity contribution is 7.09. The lowest BCUT2D eigenvalue weighted by Gasteiger charge is -2.02. The van der Waals surface area contributed by atoms with Gasteiger partial charge < -0.3 is 10.3 Å². The molecule has 2 rings (SSSR count). The van der Waals surface area contributed by atoms with Crippen LogP contribution in [0.2, 0.25) is 0 Å². The molecule has 0 amide bonds. The first-order valence-electron chi connectivity index (χ1n) is 6.17. The smallest absolute Gasteiger partial charge is 0.271 e. The molecule has 0 saturated carbocycles. The Bertz CT molecular complexity index is 495. The zero-order valence-corrected chi connectivity index (χ0v) is 11.4. The normalized spacial score (nSPS) is 12.8. The van der Waals surface area contributed by atoms with Crippen molar-refractivity contribution < 1.29 is 4.52 Å². The van der Waals surface area contributed by atoms with E-state index in [1.165, 1.54) is 11.5 Å². The maximum absolute atomic E-state index is 5.96. The van der Waals surface area contributed by atoms with Crippen LogP contribution in [-0.4, -0.2) is 19.7 Å². The molecule has 1 atom stereocenters. The number of rotatable bonds is 6. The van der Waals surface area contributed by atoms with Crippen molar-refractivity contribution in [3.8, 4) is 10.8 Å². The van der Waals surface area contributed by atoms with Gasteiger partial charge in [-0.05, 0) is 24.4 Å². The molecule has 2 N–H and O–H groups in total. The summed E-state index contributed by atoms with van der Waals surface area (Å²) in [5, 5.41) is 8.01. The molecule has 2 aromatic heterocycles. The predicted molar refractivity (Wildman–Crippen MR) is 69.0 cm³/mol. The first-order chi connectivity index (χ1) is 8.76. The topological polar surface area (TPSA) is 90.7 Å². The molecule has 2 aromatic rings. The summed E-state index contributed by atoms with van der Waals surface area (Å²) >= 11 is 1.28. The van der Waals surface area contributed by atoms with E-state index in [9.17, 15) is 0 Å². The standard InChI is InChI=1S/C11H17N5OS/c1-3-5-7(12)10-13-11(17-15-10)9-8(6-4-2)14-16-18-9/h7H,3-6,12H2,1-2H3. The SMILES string of the molecule is CCCc1nnsc1-c1nc(C(N)CCC)no1. The van der Waals surface area contributed by atoms with Crippen molar-refractivity contribution in [2.45, 2.75) is 45.6 Å². The highest BCUT2D eigenvalue weighted by Crippen LogP contribution is 2.26. The molecule has 6 nitrogen and oxygen atoms in total. The number of hydrogen-bond acceptors (Lipinski definition) is 7. The highest BCUT2D eigenvalue weighted by Gasteiger charge is 2.19. The van der Waals surface area contributed by atoms with Gasteiger partial charge in [0.25, 0.3) is 5.89 Å². The zero-order chi connectivity index (χ0) is 13.0. The fraction of sp³-hybridized carbons (Fsp3) is 0.636. The van der Waals surface area contributed by atoms with Gasteiger partial charge in [0, 0.05) is 0 Å². The third-order valence-electron chi connectivity index (χ3n) is 2.61. The minimum absolute atomic E-state index is 0.164. The first kappa shape index (κ1) is 13.1. The summed E-state index contributed by atoms with van der Waals surface area (Å²) in [6.07, 6.45) is 3.72. The lowest BCUT2D eigenvalue weighted by Crippen LogP contribution is -2.11. The third kappa shape index (κ3) is 2.73. The Kier molecular flexibility index (Phi) is 4.38. The lowest BCUT2D eigenvalue weighted by atomic mass is 10.2. The third-order valence-corrected chi connectivity index (χ3v) is 3.37. The first-order valence-corrected chi connectivity index (χ1v) is 6.94. The van der Waals surface area contributed by atoms with E-state index in [-0.39, 0.29) is 6.04 Å².